The second kappa shape index (κ2) is 6.77. The lowest BCUT2D eigenvalue weighted by atomic mass is 9.94. The summed E-state index contributed by atoms with van der Waals surface area (Å²) in [6.45, 7) is 4.58. The van der Waals surface area contributed by atoms with E-state index >= 15 is 0 Å². The van der Waals surface area contributed by atoms with E-state index < -0.39 is 0 Å². The first-order valence-electron chi connectivity index (χ1n) is 7.86. The Labute approximate surface area is 145 Å². The van der Waals surface area contributed by atoms with E-state index in [9.17, 15) is 0 Å². The van der Waals surface area contributed by atoms with Crippen LogP contribution in [0.15, 0.2) is 35.3 Å². The number of thiophene rings is 1. The SMILES string of the molecule is Clc1cncc(OC[C@@H]2CO[C@@H]3CN(Cc4ccsc4)C[C@H]23)c1. The van der Waals surface area contributed by atoms with Gasteiger partial charge in [-0.05, 0) is 22.4 Å². The Bertz CT molecular complexity index is 652. The Balaban J connectivity index is 1.33. The van der Waals surface area contributed by atoms with Crippen LogP contribution in [0.4, 0.5) is 0 Å². The number of likely N-dealkylation sites (tertiary alicyclic amines) is 1. The van der Waals surface area contributed by atoms with E-state index in [0.29, 0.717) is 29.6 Å². The summed E-state index contributed by atoms with van der Waals surface area (Å²) in [7, 11) is 0. The van der Waals surface area contributed by atoms with Crippen LogP contribution in [0, 0.1) is 11.8 Å². The van der Waals surface area contributed by atoms with E-state index in [4.69, 9.17) is 21.1 Å². The molecule has 122 valence electrons. The quantitative estimate of drug-likeness (QED) is 0.828. The van der Waals surface area contributed by atoms with Crippen molar-refractivity contribution in [2.75, 3.05) is 26.3 Å². The fourth-order valence-electron chi connectivity index (χ4n) is 3.50. The van der Waals surface area contributed by atoms with Crippen LogP contribution in [0.3, 0.4) is 0 Å². The average Bonchev–Trinajstić information content (AvgIpc) is 3.24. The molecule has 2 aliphatic rings. The first kappa shape index (κ1) is 15.4. The molecule has 2 aromatic heterocycles. The number of nitrogens with zero attached hydrogens (tertiary/aromatic N) is 2. The number of hydrogen-bond donors (Lipinski definition) is 0. The number of halogens is 1. The van der Waals surface area contributed by atoms with Crippen LogP contribution < -0.4 is 4.74 Å². The van der Waals surface area contributed by atoms with Crippen LogP contribution in [-0.2, 0) is 11.3 Å². The van der Waals surface area contributed by atoms with E-state index in [1.54, 1.807) is 29.8 Å². The van der Waals surface area contributed by atoms with Gasteiger partial charge in [0, 0.05) is 43.7 Å². The Kier molecular flexibility index (Phi) is 4.53. The highest BCUT2D eigenvalue weighted by molar-refractivity contribution is 7.07. The molecule has 0 amide bonds. The highest BCUT2D eigenvalue weighted by Crippen LogP contribution is 2.34. The summed E-state index contributed by atoms with van der Waals surface area (Å²) in [6, 6.07) is 4.01. The van der Waals surface area contributed by atoms with Crippen LogP contribution in [0.1, 0.15) is 5.56 Å². The van der Waals surface area contributed by atoms with Gasteiger partial charge in [0.05, 0.1) is 30.5 Å². The van der Waals surface area contributed by atoms with Gasteiger partial charge in [-0.2, -0.15) is 11.3 Å². The largest absolute Gasteiger partial charge is 0.492 e. The molecule has 0 saturated carbocycles. The molecule has 0 radical (unpaired) electrons. The zero-order valence-electron chi connectivity index (χ0n) is 12.7. The first-order valence-corrected chi connectivity index (χ1v) is 9.18. The van der Waals surface area contributed by atoms with Crippen molar-refractivity contribution in [1.82, 2.24) is 9.88 Å². The third-order valence-corrected chi connectivity index (χ3v) is 5.58. The second-order valence-corrected chi connectivity index (χ2v) is 7.49. The molecule has 2 saturated heterocycles. The molecule has 23 heavy (non-hydrogen) atoms. The number of ether oxygens (including phenoxy) is 2. The standard InChI is InChI=1S/C17H19ClN2O2S/c18-14-3-15(5-19-4-14)21-9-13-10-22-17-8-20(7-16(13)17)6-12-1-2-23-11-12/h1-5,11,13,16-17H,6-10H2/t13-,16-,17-/m1/s1. The number of rotatable bonds is 5. The maximum absolute atomic E-state index is 5.99. The maximum atomic E-state index is 5.99. The Morgan fingerprint density at radius 1 is 1.39 bits per heavy atom. The van der Waals surface area contributed by atoms with Crippen molar-refractivity contribution in [3.05, 3.63) is 45.9 Å². The lowest BCUT2D eigenvalue weighted by Crippen LogP contribution is -2.26. The van der Waals surface area contributed by atoms with Gasteiger partial charge >= 0.3 is 0 Å². The topological polar surface area (TPSA) is 34.6 Å². The summed E-state index contributed by atoms with van der Waals surface area (Å²) in [4.78, 5) is 6.54. The molecule has 0 N–H and O–H groups in total. The zero-order chi connectivity index (χ0) is 15.6. The van der Waals surface area contributed by atoms with Crippen molar-refractivity contribution in [3.63, 3.8) is 0 Å². The monoisotopic (exact) mass is 350 g/mol. The molecular formula is C17H19ClN2O2S. The summed E-state index contributed by atoms with van der Waals surface area (Å²) in [5.41, 5.74) is 1.40. The number of aromatic nitrogens is 1. The summed E-state index contributed by atoms with van der Waals surface area (Å²) >= 11 is 7.70. The Hall–Kier alpha value is -1.14. The van der Waals surface area contributed by atoms with Crippen molar-refractivity contribution >= 4 is 22.9 Å². The smallest absolute Gasteiger partial charge is 0.139 e. The zero-order valence-corrected chi connectivity index (χ0v) is 14.3. The summed E-state index contributed by atoms with van der Waals surface area (Å²) in [6.07, 6.45) is 3.67. The van der Waals surface area contributed by atoms with Crippen molar-refractivity contribution < 1.29 is 9.47 Å². The number of fused-ring (bicyclic) bond motifs is 1. The van der Waals surface area contributed by atoms with E-state index in [2.05, 4.69) is 26.7 Å². The molecule has 0 unspecified atom stereocenters. The number of pyridine rings is 1. The van der Waals surface area contributed by atoms with Gasteiger partial charge in [-0.1, -0.05) is 11.6 Å². The highest BCUT2D eigenvalue weighted by atomic mass is 35.5. The molecule has 2 aliphatic heterocycles. The van der Waals surface area contributed by atoms with Crippen molar-refractivity contribution in [3.8, 4) is 5.75 Å². The van der Waals surface area contributed by atoms with Crippen molar-refractivity contribution in [2.45, 2.75) is 12.6 Å². The fourth-order valence-corrected chi connectivity index (χ4v) is 4.32. The van der Waals surface area contributed by atoms with Gasteiger partial charge in [-0.25, -0.2) is 0 Å². The summed E-state index contributed by atoms with van der Waals surface area (Å²) in [5.74, 6) is 1.72. The van der Waals surface area contributed by atoms with Crippen molar-refractivity contribution in [1.29, 1.82) is 0 Å². The molecular weight excluding hydrogens is 332 g/mol. The normalized spacial score (nSPS) is 27.3. The van der Waals surface area contributed by atoms with E-state index in [0.717, 1.165) is 32.0 Å². The minimum absolute atomic E-state index is 0.347. The molecule has 0 bridgehead atoms. The third kappa shape index (κ3) is 3.53. The van der Waals surface area contributed by atoms with E-state index in [1.165, 1.54) is 5.56 Å². The molecule has 0 aromatic carbocycles. The number of hydrogen-bond acceptors (Lipinski definition) is 5. The molecule has 2 fully saturated rings. The molecule has 3 atom stereocenters. The van der Waals surface area contributed by atoms with Gasteiger partial charge in [0.1, 0.15) is 5.75 Å². The lowest BCUT2D eigenvalue weighted by Gasteiger charge is -2.19. The molecule has 0 aliphatic carbocycles. The van der Waals surface area contributed by atoms with Gasteiger partial charge < -0.3 is 9.47 Å². The van der Waals surface area contributed by atoms with Crippen LogP contribution in [0.25, 0.3) is 0 Å². The third-order valence-electron chi connectivity index (χ3n) is 4.64. The summed E-state index contributed by atoms with van der Waals surface area (Å²) < 4.78 is 11.9. The summed E-state index contributed by atoms with van der Waals surface area (Å²) in [5, 5.41) is 4.96. The molecule has 0 spiro atoms. The molecule has 4 heterocycles. The van der Waals surface area contributed by atoms with Gasteiger partial charge in [-0.3, -0.25) is 9.88 Å². The van der Waals surface area contributed by atoms with Gasteiger partial charge in [-0.15, -0.1) is 0 Å². The van der Waals surface area contributed by atoms with E-state index in [1.807, 2.05) is 0 Å². The van der Waals surface area contributed by atoms with Gasteiger partial charge in [0.25, 0.3) is 0 Å². The van der Waals surface area contributed by atoms with Crippen molar-refractivity contribution in [2.24, 2.45) is 11.8 Å². The van der Waals surface area contributed by atoms with Crippen LogP contribution in [0.2, 0.25) is 5.02 Å². The first-order chi connectivity index (χ1) is 11.3. The Morgan fingerprint density at radius 3 is 3.17 bits per heavy atom. The lowest BCUT2D eigenvalue weighted by molar-refractivity contribution is 0.0897. The molecule has 2 aromatic rings. The minimum atomic E-state index is 0.347. The highest BCUT2D eigenvalue weighted by Gasteiger charge is 2.43. The second-order valence-electron chi connectivity index (χ2n) is 6.27. The minimum Gasteiger partial charge on any atom is -0.492 e. The predicted molar refractivity (Wildman–Crippen MR) is 91.1 cm³/mol. The average molecular weight is 351 g/mol. The van der Waals surface area contributed by atoms with Crippen LogP contribution in [-0.4, -0.2) is 42.3 Å². The van der Waals surface area contributed by atoms with Crippen LogP contribution in [0.5, 0.6) is 5.75 Å². The molecule has 6 heteroatoms. The maximum Gasteiger partial charge on any atom is 0.139 e. The Morgan fingerprint density at radius 2 is 2.35 bits per heavy atom. The molecule has 4 rings (SSSR count). The predicted octanol–water partition coefficient (Wildman–Crippen LogP) is 3.32. The molecule has 4 nitrogen and oxygen atoms in total. The van der Waals surface area contributed by atoms with Gasteiger partial charge in [0.2, 0.25) is 0 Å². The van der Waals surface area contributed by atoms with E-state index in [-0.39, 0.29) is 0 Å². The van der Waals surface area contributed by atoms with Crippen LogP contribution >= 0.6 is 22.9 Å². The van der Waals surface area contributed by atoms with Gasteiger partial charge in [0.15, 0.2) is 0 Å². The fraction of sp³-hybridized carbons (Fsp3) is 0.471.